The molecule has 0 radical (unpaired) electrons. The van der Waals surface area contributed by atoms with Crippen LogP contribution in [0.3, 0.4) is 0 Å². The molecule has 1 amide bonds. The van der Waals surface area contributed by atoms with Crippen LogP contribution >= 0.6 is 11.6 Å². The predicted molar refractivity (Wildman–Crippen MR) is 231 cm³/mol. The number of nitrogens with zero attached hydrogens (tertiary/aromatic N) is 2. The van der Waals surface area contributed by atoms with Crippen LogP contribution in [0.25, 0.3) is 0 Å². The highest BCUT2D eigenvalue weighted by Gasteiger charge is 2.49. The van der Waals surface area contributed by atoms with Gasteiger partial charge in [0, 0.05) is 87.1 Å². The number of amides is 1. The van der Waals surface area contributed by atoms with Crippen LogP contribution in [-0.4, -0.2) is 108 Å². The van der Waals surface area contributed by atoms with Crippen LogP contribution in [0.4, 0.5) is 5.69 Å². The topological polar surface area (TPSA) is 127 Å². The second-order valence-electron chi connectivity index (χ2n) is 18.0. The lowest BCUT2D eigenvalue weighted by Gasteiger charge is -2.49. The molecule has 3 heterocycles. The number of fused-ring (bicyclic) bond motifs is 4. The number of hydrogen-bond acceptors (Lipinski definition) is 10. The van der Waals surface area contributed by atoms with Gasteiger partial charge in [-0.2, -0.15) is 0 Å². The Bertz CT molecular complexity index is 1900. The normalized spacial score (nSPS) is 30.5. The third-order valence-electron chi connectivity index (χ3n) is 13.2. The number of piperazine rings is 1. The van der Waals surface area contributed by atoms with Crippen molar-refractivity contribution in [3.05, 3.63) is 70.3 Å². The molecular weight excluding hydrogens is 776 g/mol. The molecule has 2 fully saturated rings. The van der Waals surface area contributed by atoms with E-state index < -0.39 is 26.8 Å². The lowest BCUT2D eigenvalue weighted by Crippen LogP contribution is -2.54. The molecule has 58 heavy (non-hydrogen) atoms. The summed E-state index contributed by atoms with van der Waals surface area (Å²) in [5.74, 6) is -0.319. The first-order chi connectivity index (χ1) is 27.6. The maximum Gasteiger partial charge on any atom is 0.264 e. The van der Waals surface area contributed by atoms with Gasteiger partial charge in [-0.05, 0) is 132 Å². The van der Waals surface area contributed by atoms with Crippen molar-refractivity contribution < 1.29 is 32.2 Å². The van der Waals surface area contributed by atoms with E-state index in [1.807, 2.05) is 32.1 Å². The molecule has 1 saturated carbocycles. The van der Waals surface area contributed by atoms with Crippen LogP contribution in [0.2, 0.25) is 5.02 Å². The van der Waals surface area contributed by atoms with Gasteiger partial charge in [0.15, 0.2) is 6.29 Å². The molecule has 2 aromatic carbocycles. The van der Waals surface area contributed by atoms with E-state index in [0.29, 0.717) is 49.0 Å². The van der Waals surface area contributed by atoms with Gasteiger partial charge in [0.1, 0.15) is 11.4 Å². The zero-order valence-corrected chi connectivity index (χ0v) is 36.9. The quantitative estimate of drug-likeness (QED) is 0.244. The van der Waals surface area contributed by atoms with E-state index in [0.717, 1.165) is 57.2 Å². The van der Waals surface area contributed by atoms with Gasteiger partial charge in [-0.1, -0.05) is 30.7 Å². The summed E-state index contributed by atoms with van der Waals surface area (Å²) >= 11 is 6.43. The number of allylic oxidation sites excluding steroid dienone is 1. The first-order valence-electron chi connectivity index (χ1n) is 21.2. The molecule has 13 heteroatoms. The van der Waals surface area contributed by atoms with Crippen molar-refractivity contribution in [3.63, 3.8) is 0 Å². The van der Waals surface area contributed by atoms with Crippen molar-refractivity contribution in [2.24, 2.45) is 17.8 Å². The Morgan fingerprint density at radius 1 is 1.10 bits per heavy atom. The van der Waals surface area contributed by atoms with Gasteiger partial charge in [-0.3, -0.25) is 14.5 Å². The van der Waals surface area contributed by atoms with Crippen molar-refractivity contribution in [2.75, 3.05) is 71.1 Å². The fourth-order valence-corrected chi connectivity index (χ4v) is 11.7. The second-order valence-corrected chi connectivity index (χ2v) is 20.3. The Morgan fingerprint density at radius 3 is 2.53 bits per heavy atom. The second kappa shape index (κ2) is 18.7. The van der Waals surface area contributed by atoms with Crippen molar-refractivity contribution in [1.29, 1.82) is 0 Å². The number of methoxy groups -OCH3 is 1. The Hall–Kier alpha value is -3.00. The Balaban J connectivity index is 0.000000496. The van der Waals surface area contributed by atoms with Gasteiger partial charge >= 0.3 is 0 Å². The lowest BCUT2D eigenvalue weighted by molar-refractivity contribution is -0.140. The first-order valence-corrected chi connectivity index (χ1v) is 23.2. The number of aldehydes is 1. The average molecular weight is 842 g/mol. The maximum atomic E-state index is 13.8. The first kappa shape index (κ1) is 44.5. The van der Waals surface area contributed by atoms with E-state index in [2.05, 4.69) is 52.7 Å². The molecule has 1 saturated heterocycles. The molecule has 0 unspecified atom stereocenters. The third-order valence-corrected chi connectivity index (χ3v) is 15.4. The van der Waals surface area contributed by atoms with Crippen molar-refractivity contribution in [2.45, 2.75) is 101 Å². The van der Waals surface area contributed by atoms with Gasteiger partial charge in [0.25, 0.3) is 5.91 Å². The van der Waals surface area contributed by atoms with E-state index >= 15 is 0 Å². The third kappa shape index (κ3) is 9.79. The molecule has 11 nitrogen and oxygen atoms in total. The highest BCUT2D eigenvalue weighted by Crippen LogP contribution is 2.49. The molecule has 7 rings (SSSR count). The molecular formula is C45H65ClN4O7S. The minimum absolute atomic E-state index is 0.0602. The number of benzene rings is 2. The van der Waals surface area contributed by atoms with Crippen LogP contribution in [-0.2, 0) is 36.1 Å². The number of carbonyl (C=O) groups excluding carboxylic acids is 2. The number of rotatable bonds is 6. The number of nitrogens with one attached hydrogen (secondary N) is 2. The molecule has 5 aliphatic rings. The molecule has 0 aromatic heterocycles. The van der Waals surface area contributed by atoms with Gasteiger partial charge in [0.2, 0.25) is 10.0 Å². The van der Waals surface area contributed by atoms with Crippen LogP contribution < -0.4 is 19.7 Å². The largest absolute Gasteiger partial charge is 0.490 e. The van der Waals surface area contributed by atoms with Gasteiger partial charge in [0.05, 0.1) is 17.5 Å². The summed E-state index contributed by atoms with van der Waals surface area (Å²) in [6.45, 7) is 17.6. The van der Waals surface area contributed by atoms with Crippen LogP contribution in [0, 0.1) is 17.8 Å². The number of hydrogen-bond donors (Lipinski definition) is 2. The summed E-state index contributed by atoms with van der Waals surface area (Å²) in [7, 11) is -2.57. The summed E-state index contributed by atoms with van der Waals surface area (Å²) in [5.41, 5.74) is 2.35. The van der Waals surface area contributed by atoms with E-state index in [9.17, 15) is 18.0 Å². The Morgan fingerprint density at radius 2 is 1.88 bits per heavy atom. The molecule has 2 bridgehead atoms. The summed E-state index contributed by atoms with van der Waals surface area (Å²) in [5, 5.41) is 3.16. The van der Waals surface area contributed by atoms with E-state index in [1.54, 1.807) is 18.2 Å². The molecule has 3 aliphatic heterocycles. The number of sulfonamides is 1. The van der Waals surface area contributed by atoms with Crippen LogP contribution in [0.1, 0.15) is 94.6 Å². The maximum absolute atomic E-state index is 13.8. The molecule has 6 atom stereocenters. The lowest BCUT2D eigenvalue weighted by atomic mass is 9.64. The van der Waals surface area contributed by atoms with Gasteiger partial charge in [-0.15, -0.1) is 0 Å². The number of ether oxygens (including phenoxy) is 3. The zero-order chi connectivity index (χ0) is 41.7. The predicted octanol–water partition coefficient (Wildman–Crippen LogP) is 6.56. The van der Waals surface area contributed by atoms with E-state index in [-0.39, 0.29) is 41.8 Å². The highest BCUT2D eigenvalue weighted by atomic mass is 35.5. The number of anilines is 1. The van der Waals surface area contributed by atoms with E-state index in [1.165, 1.54) is 31.3 Å². The number of aryl methyl sites for hydroxylation is 1. The standard InChI is InChI=1S/C37H47ClN2O7S.C8H18N2/c1-4-47-37(23-41)17-5-7-25(2)34(15-18-45-3)48(43,44)39-35(42)27-10-14-33-32(20-27)40(21-28-9-12-31(28)37)22-36(24-46-33)16-6-8-26-19-29(38)11-13-30(26)36;1-8(2,3)10-6-4-9-5-7-10/h5,10-11,13-14,17,19-20,23,25,28,31,34H,4,6-9,12,15-16,18,21-22,24H2,1-3H3,(H,39,42);9H,4-7H2,1-3H3/b17-5+;/t25-,28-,31+,34+,36-,37-;/m0./s1. The molecule has 320 valence electrons. The number of halogens is 1. The number of carbonyl (C=O) groups is 2. The highest BCUT2D eigenvalue weighted by molar-refractivity contribution is 7.90. The van der Waals surface area contributed by atoms with Gasteiger partial charge in [-0.25, -0.2) is 13.1 Å². The Labute approximate surface area is 351 Å². The summed E-state index contributed by atoms with van der Waals surface area (Å²) < 4.78 is 48.0. The average Bonchev–Trinajstić information content (AvgIpc) is 3.32. The fourth-order valence-electron chi connectivity index (χ4n) is 9.81. The fraction of sp³-hybridized carbons (Fsp3) is 0.644. The summed E-state index contributed by atoms with van der Waals surface area (Å²) in [4.78, 5) is 31.5. The van der Waals surface area contributed by atoms with Crippen molar-refractivity contribution >= 4 is 39.5 Å². The van der Waals surface area contributed by atoms with Crippen LogP contribution in [0.5, 0.6) is 5.75 Å². The van der Waals surface area contributed by atoms with E-state index in [4.69, 9.17) is 25.8 Å². The minimum Gasteiger partial charge on any atom is -0.490 e. The molecule has 2 aliphatic carbocycles. The molecule has 1 spiro atoms. The summed E-state index contributed by atoms with van der Waals surface area (Å²) in [6.07, 6.45) is 9.88. The Kier molecular flexibility index (Phi) is 14.4. The van der Waals surface area contributed by atoms with Crippen LogP contribution in [0.15, 0.2) is 48.6 Å². The SMILES string of the molecule is CC(C)(C)N1CCNCC1.CCO[C@]1(C=O)/C=C/C[C@H](C)[C@@H](CCOC)S(=O)(=O)NC(=O)c2ccc3c(c2)N(C[C@@H]2CC[C@H]21)C[C@@]1(CCCc2cc(Cl)ccc21)CO3. The zero-order valence-electron chi connectivity index (χ0n) is 35.4. The smallest absolute Gasteiger partial charge is 0.264 e. The minimum atomic E-state index is -4.09. The van der Waals surface area contributed by atoms with Crippen molar-refractivity contribution in [1.82, 2.24) is 14.9 Å². The monoisotopic (exact) mass is 840 g/mol. The van der Waals surface area contributed by atoms with Gasteiger partial charge < -0.3 is 24.4 Å². The van der Waals surface area contributed by atoms with Crippen molar-refractivity contribution in [3.8, 4) is 5.75 Å². The summed E-state index contributed by atoms with van der Waals surface area (Å²) in [6, 6.07) is 11.3. The molecule has 2 N–H and O–H groups in total. The molecule has 2 aromatic rings.